The van der Waals surface area contributed by atoms with Crippen molar-refractivity contribution in [3.8, 4) is 5.75 Å². The van der Waals surface area contributed by atoms with Crippen molar-refractivity contribution in [3.63, 3.8) is 0 Å². The molecule has 9 heteroatoms. The second-order valence-electron chi connectivity index (χ2n) is 4.18. The molecule has 3 N–H and O–H groups in total. The number of hydrogen-bond acceptors (Lipinski definition) is 5. The molecule has 0 saturated heterocycles. The monoisotopic (exact) mass is 320 g/mol. The van der Waals surface area contributed by atoms with Gasteiger partial charge in [0.05, 0.1) is 6.61 Å². The SMILES string of the molecule is COCCNC(=O)C(C)Oc1ccc(F)cc1S(N)(=O)=O. The van der Waals surface area contributed by atoms with Crippen LogP contribution in [0.2, 0.25) is 0 Å². The number of rotatable bonds is 7. The fourth-order valence-electron chi connectivity index (χ4n) is 1.47. The van der Waals surface area contributed by atoms with E-state index in [0.717, 1.165) is 18.2 Å². The van der Waals surface area contributed by atoms with Crippen LogP contribution in [0.1, 0.15) is 6.92 Å². The van der Waals surface area contributed by atoms with Gasteiger partial charge in [-0.1, -0.05) is 0 Å². The highest BCUT2D eigenvalue weighted by atomic mass is 32.2. The Morgan fingerprint density at radius 3 is 2.71 bits per heavy atom. The first-order valence-corrected chi connectivity index (χ1v) is 7.56. The van der Waals surface area contributed by atoms with Crippen molar-refractivity contribution < 1.29 is 27.1 Å². The zero-order chi connectivity index (χ0) is 16.0. The molecule has 0 aliphatic carbocycles. The van der Waals surface area contributed by atoms with Crippen molar-refractivity contribution in [2.24, 2.45) is 5.14 Å². The van der Waals surface area contributed by atoms with Crippen LogP contribution in [0, 0.1) is 5.82 Å². The predicted octanol–water partition coefficient (Wildman–Crippen LogP) is 0.00300. The zero-order valence-corrected chi connectivity index (χ0v) is 12.4. The molecule has 0 fully saturated rings. The van der Waals surface area contributed by atoms with Crippen LogP contribution >= 0.6 is 0 Å². The van der Waals surface area contributed by atoms with Crippen LogP contribution in [-0.2, 0) is 19.6 Å². The van der Waals surface area contributed by atoms with Gasteiger partial charge in [-0.3, -0.25) is 4.79 Å². The van der Waals surface area contributed by atoms with E-state index in [9.17, 15) is 17.6 Å². The molecule has 1 unspecified atom stereocenters. The third kappa shape index (κ3) is 5.29. The molecule has 0 heterocycles. The van der Waals surface area contributed by atoms with Crippen LogP contribution in [0.4, 0.5) is 4.39 Å². The van der Waals surface area contributed by atoms with Crippen LogP contribution < -0.4 is 15.2 Å². The van der Waals surface area contributed by atoms with Gasteiger partial charge in [0.1, 0.15) is 16.5 Å². The van der Waals surface area contributed by atoms with Gasteiger partial charge in [0.2, 0.25) is 10.0 Å². The number of sulfonamides is 1. The number of primary sulfonamides is 1. The first kappa shape index (κ1) is 17.3. The third-order valence-electron chi connectivity index (χ3n) is 2.49. The van der Waals surface area contributed by atoms with E-state index in [0.29, 0.717) is 6.61 Å². The van der Waals surface area contributed by atoms with Crippen LogP contribution in [0.5, 0.6) is 5.75 Å². The Bertz CT molecular complexity index is 606. The minimum absolute atomic E-state index is 0.187. The number of benzene rings is 1. The molecule has 0 aromatic heterocycles. The Morgan fingerprint density at radius 2 is 2.14 bits per heavy atom. The number of nitrogens with one attached hydrogen (secondary N) is 1. The van der Waals surface area contributed by atoms with E-state index >= 15 is 0 Å². The highest BCUT2D eigenvalue weighted by Gasteiger charge is 2.21. The van der Waals surface area contributed by atoms with E-state index in [2.05, 4.69) is 5.32 Å². The number of amides is 1. The number of carbonyl (C=O) groups is 1. The Morgan fingerprint density at radius 1 is 1.48 bits per heavy atom. The molecule has 0 bridgehead atoms. The summed E-state index contributed by atoms with van der Waals surface area (Å²) in [7, 11) is -2.68. The first-order chi connectivity index (χ1) is 9.75. The molecule has 0 aliphatic heterocycles. The van der Waals surface area contributed by atoms with Crippen molar-refractivity contribution in [1.82, 2.24) is 5.32 Å². The molecule has 0 spiro atoms. The fourth-order valence-corrected chi connectivity index (χ4v) is 2.14. The lowest BCUT2D eigenvalue weighted by Gasteiger charge is -2.16. The summed E-state index contributed by atoms with van der Waals surface area (Å²) in [5.41, 5.74) is 0. The minimum Gasteiger partial charge on any atom is -0.479 e. The fraction of sp³-hybridized carbons (Fsp3) is 0.417. The van der Waals surface area contributed by atoms with Crippen molar-refractivity contribution in [2.75, 3.05) is 20.3 Å². The lowest BCUT2D eigenvalue weighted by molar-refractivity contribution is -0.127. The van der Waals surface area contributed by atoms with Crippen LogP contribution in [0.25, 0.3) is 0 Å². The third-order valence-corrected chi connectivity index (χ3v) is 3.42. The quantitative estimate of drug-likeness (QED) is 0.688. The zero-order valence-electron chi connectivity index (χ0n) is 11.6. The highest BCUT2D eigenvalue weighted by Crippen LogP contribution is 2.24. The van der Waals surface area contributed by atoms with Gasteiger partial charge in [-0.25, -0.2) is 17.9 Å². The Hall–Kier alpha value is -1.71. The molecule has 118 valence electrons. The highest BCUT2D eigenvalue weighted by molar-refractivity contribution is 7.89. The number of carbonyl (C=O) groups excluding carboxylic acids is 1. The van der Waals surface area contributed by atoms with E-state index in [4.69, 9.17) is 14.6 Å². The summed E-state index contributed by atoms with van der Waals surface area (Å²) in [6.07, 6.45) is -0.979. The van der Waals surface area contributed by atoms with E-state index in [1.165, 1.54) is 14.0 Å². The van der Waals surface area contributed by atoms with Gasteiger partial charge in [-0.15, -0.1) is 0 Å². The molecule has 0 saturated carbocycles. The molecule has 7 nitrogen and oxygen atoms in total. The second-order valence-corrected chi connectivity index (χ2v) is 5.71. The van der Waals surface area contributed by atoms with Gasteiger partial charge in [0.25, 0.3) is 5.91 Å². The van der Waals surface area contributed by atoms with Gasteiger partial charge < -0.3 is 14.8 Å². The first-order valence-electron chi connectivity index (χ1n) is 6.01. The van der Waals surface area contributed by atoms with Crippen molar-refractivity contribution in [2.45, 2.75) is 17.9 Å². The Labute approximate surface area is 122 Å². The van der Waals surface area contributed by atoms with Crippen LogP contribution in [0.15, 0.2) is 23.1 Å². The predicted molar refractivity (Wildman–Crippen MR) is 72.7 cm³/mol. The largest absolute Gasteiger partial charge is 0.479 e. The van der Waals surface area contributed by atoms with E-state index in [1.807, 2.05) is 0 Å². The van der Waals surface area contributed by atoms with E-state index in [-0.39, 0.29) is 12.3 Å². The molecular formula is C12H17FN2O5S. The molecule has 21 heavy (non-hydrogen) atoms. The van der Waals surface area contributed by atoms with Gasteiger partial charge in [-0.05, 0) is 25.1 Å². The molecule has 0 aliphatic rings. The molecular weight excluding hydrogens is 303 g/mol. The molecule has 1 amide bonds. The van der Waals surface area contributed by atoms with Crippen molar-refractivity contribution >= 4 is 15.9 Å². The summed E-state index contributed by atoms with van der Waals surface area (Å²) in [5, 5.41) is 7.51. The minimum atomic E-state index is -4.16. The van der Waals surface area contributed by atoms with E-state index in [1.54, 1.807) is 0 Å². The van der Waals surface area contributed by atoms with Gasteiger partial charge in [-0.2, -0.15) is 0 Å². The summed E-state index contributed by atoms with van der Waals surface area (Å²) in [5.74, 6) is -1.42. The maximum Gasteiger partial charge on any atom is 0.260 e. The molecule has 1 atom stereocenters. The van der Waals surface area contributed by atoms with Crippen LogP contribution in [-0.4, -0.2) is 40.7 Å². The van der Waals surface area contributed by atoms with Crippen molar-refractivity contribution in [3.05, 3.63) is 24.0 Å². The molecule has 1 aromatic rings. The number of methoxy groups -OCH3 is 1. The summed E-state index contributed by atoms with van der Waals surface area (Å²) in [6, 6.07) is 2.85. The molecule has 1 aromatic carbocycles. The summed E-state index contributed by atoms with van der Waals surface area (Å²) in [4.78, 5) is 11.2. The van der Waals surface area contributed by atoms with E-state index < -0.39 is 32.7 Å². The lowest BCUT2D eigenvalue weighted by atomic mass is 10.3. The Balaban J connectivity index is 2.85. The topological polar surface area (TPSA) is 108 Å². The van der Waals surface area contributed by atoms with Gasteiger partial charge in [0, 0.05) is 13.7 Å². The number of hydrogen-bond donors (Lipinski definition) is 2. The molecule has 0 radical (unpaired) electrons. The maximum atomic E-state index is 13.1. The molecule has 1 rings (SSSR count). The normalized spacial score (nSPS) is 12.8. The number of ether oxygens (including phenoxy) is 2. The average molecular weight is 320 g/mol. The maximum absolute atomic E-state index is 13.1. The standard InChI is InChI=1S/C12H17FN2O5S/c1-8(12(16)15-5-6-19-2)20-10-4-3-9(13)7-11(10)21(14,17)18/h3-4,7-8H,5-6H2,1-2H3,(H,15,16)(H2,14,17,18). The van der Waals surface area contributed by atoms with Crippen LogP contribution in [0.3, 0.4) is 0 Å². The summed E-state index contributed by atoms with van der Waals surface area (Å²) in [6.45, 7) is 2.05. The average Bonchev–Trinajstić information content (AvgIpc) is 2.39. The lowest BCUT2D eigenvalue weighted by Crippen LogP contribution is -2.38. The van der Waals surface area contributed by atoms with Gasteiger partial charge >= 0.3 is 0 Å². The summed E-state index contributed by atoms with van der Waals surface area (Å²) >= 11 is 0. The summed E-state index contributed by atoms with van der Waals surface area (Å²) < 4.78 is 45.9. The van der Waals surface area contributed by atoms with Crippen molar-refractivity contribution in [1.29, 1.82) is 0 Å². The number of halogens is 1. The smallest absolute Gasteiger partial charge is 0.260 e. The Kier molecular flexibility index (Phi) is 6.06. The number of nitrogens with two attached hydrogens (primary N) is 1. The second kappa shape index (κ2) is 7.34. The van der Waals surface area contributed by atoms with Gasteiger partial charge in [0.15, 0.2) is 6.10 Å².